The molecule has 28 heavy (non-hydrogen) atoms. The predicted molar refractivity (Wildman–Crippen MR) is 108 cm³/mol. The van der Waals surface area contributed by atoms with Gasteiger partial charge in [0.25, 0.3) is 5.69 Å². The van der Waals surface area contributed by atoms with Gasteiger partial charge in [-0.2, -0.15) is 0 Å². The summed E-state index contributed by atoms with van der Waals surface area (Å²) in [5.41, 5.74) is 0.565. The Morgan fingerprint density at radius 2 is 1.89 bits per heavy atom. The van der Waals surface area contributed by atoms with Gasteiger partial charge in [-0.1, -0.05) is 6.07 Å². The number of nitrogens with one attached hydrogen (secondary N) is 2. The Bertz CT molecular complexity index is 945. The second-order valence-electron chi connectivity index (χ2n) is 5.35. The van der Waals surface area contributed by atoms with E-state index in [1.807, 2.05) is 0 Å². The van der Waals surface area contributed by atoms with Crippen LogP contribution in [0.3, 0.4) is 0 Å². The lowest BCUT2D eigenvalue weighted by atomic mass is 10.2. The normalized spacial score (nSPS) is 10.4. The molecule has 0 unspecified atom stereocenters. The van der Waals surface area contributed by atoms with Gasteiger partial charge in [0, 0.05) is 12.1 Å². The molecule has 0 saturated carbocycles. The second-order valence-corrected chi connectivity index (χ2v) is 5.76. The average Bonchev–Trinajstić information content (AvgIpc) is 2.67. The molecule has 1 amide bonds. The molecule has 3 N–H and O–H groups in total. The summed E-state index contributed by atoms with van der Waals surface area (Å²) in [4.78, 5) is 22.0. The number of ether oxygens (including phenoxy) is 2. The molecular formula is C18H17N3O6S. The highest BCUT2D eigenvalue weighted by Crippen LogP contribution is 2.28. The summed E-state index contributed by atoms with van der Waals surface area (Å²) in [5.74, 6) is 0.216. The van der Waals surface area contributed by atoms with Crippen LogP contribution in [0.15, 0.2) is 42.5 Å². The van der Waals surface area contributed by atoms with Gasteiger partial charge >= 0.3 is 0 Å². The number of hydrogen-bond acceptors (Lipinski definition) is 7. The lowest BCUT2D eigenvalue weighted by molar-refractivity contribution is -0.384. The van der Waals surface area contributed by atoms with Gasteiger partial charge in [-0.3, -0.25) is 20.2 Å². The van der Waals surface area contributed by atoms with E-state index < -0.39 is 10.8 Å². The SMILES string of the molecule is COc1ccc(/C=C/C(=O)NC(=S)Nc2ccc([N+](=O)[O-])cc2O)cc1OC. The number of rotatable bonds is 6. The quantitative estimate of drug-likeness (QED) is 0.221. The Morgan fingerprint density at radius 1 is 1.18 bits per heavy atom. The largest absolute Gasteiger partial charge is 0.506 e. The fourth-order valence-electron chi connectivity index (χ4n) is 2.17. The number of nitrogens with zero attached hydrogens (tertiary/aromatic N) is 1. The van der Waals surface area contributed by atoms with Crippen LogP contribution in [0.1, 0.15) is 5.56 Å². The molecule has 146 valence electrons. The standard InChI is InChI=1S/C18H17N3O6S/c1-26-15-7-3-11(9-16(15)27-2)4-8-17(23)20-18(28)19-13-6-5-12(21(24)25)10-14(13)22/h3-10,22H,1-2H3,(H2,19,20,23,28)/b8-4+. The van der Waals surface area contributed by atoms with Gasteiger partial charge < -0.3 is 19.9 Å². The summed E-state index contributed by atoms with van der Waals surface area (Å²) in [6.45, 7) is 0. The Kier molecular flexibility index (Phi) is 6.88. The van der Waals surface area contributed by atoms with Crippen molar-refractivity contribution in [3.63, 3.8) is 0 Å². The van der Waals surface area contributed by atoms with Gasteiger partial charge in [0.1, 0.15) is 5.75 Å². The predicted octanol–water partition coefficient (Wildman–Crippen LogP) is 2.84. The maximum Gasteiger partial charge on any atom is 0.273 e. The number of carbonyl (C=O) groups is 1. The first-order valence-corrected chi connectivity index (χ1v) is 8.24. The molecule has 0 aromatic heterocycles. The zero-order chi connectivity index (χ0) is 20.7. The summed E-state index contributed by atoms with van der Waals surface area (Å²) in [7, 11) is 3.03. The van der Waals surface area contributed by atoms with Crippen LogP contribution in [-0.4, -0.2) is 35.3 Å². The summed E-state index contributed by atoms with van der Waals surface area (Å²) in [6.07, 6.45) is 2.83. The van der Waals surface area contributed by atoms with Gasteiger partial charge in [-0.05, 0) is 42.1 Å². The maximum atomic E-state index is 12.0. The summed E-state index contributed by atoms with van der Waals surface area (Å²) < 4.78 is 10.3. The molecule has 0 bridgehead atoms. The van der Waals surface area contributed by atoms with Crippen molar-refractivity contribution in [3.05, 3.63) is 58.2 Å². The number of hydrogen-bond donors (Lipinski definition) is 3. The number of nitro benzene ring substituents is 1. The van der Waals surface area contributed by atoms with E-state index in [4.69, 9.17) is 21.7 Å². The monoisotopic (exact) mass is 403 g/mol. The molecule has 0 aliphatic heterocycles. The molecule has 0 heterocycles. The minimum Gasteiger partial charge on any atom is -0.506 e. The van der Waals surface area contributed by atoms with Crippen molar-refractivity contribution < 1.29 is 24.3 Å². The molecule has 2 aromatic rings. The van der Waals surface area contributed by atoms with E-state index in [9.17, 15) is 20.0 Å². The van der Waals surface area contributed by atoms with Crippen LogP contribution < -0.4 is 20.1 Å². The highest BCUT2D eigenvalue weighted by molar-refractivity contribution is 7.80. The Morgan fingerprint density at radius 3 is 2.50 bits per heavy atom. The minimum atomic E-state index is -0.636. The number of non-ortho nitro benzene ring substituents is 1. The molecule has 0 aliphatic rings. The Hall–Kier alpha value is -3.66. The molecule has 10 heteroatoms. The number of thiocarbonyl (C=S) groups is 1. The van der Waals surface area contributed by atoms with Gasteiger partial charge in [0.05, 0.1) is 30.9 Å². The highest BCUT2D eigenvalue weighted by atomic mass is 32.1. The van der Waals surface area contributed by atoms with Crippen molar-refractivity contribution in [1.82, 2.24) is 5.32 Å². The number of nitro groups is 1. The van der Waals surface area contributed by atoms with Crippen molar-refractivity contribution in [2.24, 2.45) is 0 Å². The molecular weight excluding hydrogens is 386 g/mol. The number of phenols is 1. The molecule has 0 aliphatic carbocycles. The van der Waals surface area contributed by atoms with Gasteiger partial charge in [0.15, 0.2) is 16.6 Å². The first-order chi connectivity index (χ1) is 13.3. The zero-order valence-corrected chi connectivity index (χ0v) is 15.8. The first-order valence-electron chi connectivity index (χ1n) is 7.83. The maximum absolute atomic E-state index is 12.0. The van der Waals surface area contributed by atoms with Crippen LogP contribution in [0.5, 0.6) is 17.2 Å². The Labute approximate surface area is 165 Å². The summed E-state index contributed by atoms with van der Waals surface area (Å²) in [6, 6.07) is 8.61. The lowest BCUT2D eigenvalue weighted by Gasteiger charge is -2.09. The Balaban J connectivity index is 1.98. The van der Waals surface area contributed by atoms with Crippen LogP contribution in [0.4, 0.5) is 11.4 Å². The van der Waals surface area contributed by atoms with Crippen molar-refractivity contribution in [1.29, 1.82) is 0 Å². The summed E-state index contributed by atoms with van der Waals surface area (Å²) >= 11 is 5.00. The third-order valence-electron chi connectivity index (χ3n) is 3.51. The van der Waals surface area contributed by atoms with Gasteiger partial charge in [-0.25, -0.2) is 0 Å². The van der Waals surface area contributed by atoms with E-state index in [2.05, 4.69) is 10.6 Å². The number of anilines is 1. The fraction of sp³-hybridized carbons (Fsp3) is 0.111. The van der Waals surface area contributed by atoms with Crippen LogP contribution in [0.25, 0.3) is 6.08 Å². The number of carbonyl (C=O) groups excluding carboxylic acids is 1. The van der Waals surface area contributed by atoms with E-state index in [1.165, 1.54) is 32.4 Å². The van der Waals surface area contributed by atoms with E-state index in [0.717, 1.165) is 6.07 Å². The van der Waals surface area contributed by atoms with Crippen LogP contribution in [0.2, 0.25) is 0 Å². The van der Waals surface area contributed by atoms with Crippen LogP contribution in [0, 0.1) is 10.1 Å². The van der Waals surface area contributed by atoms with Crippen molar-refractivity contribution in [2.75, 3.05) is 19.5 Å². The fourth-order valence-corrected chi connectivity index (χ4v) is 2.39. The van der Waals surface area contributed by atoms with Gasteiger partial charge in [-0.15, -0.1) is 0 Å². The van der Waals surface area contributed by atoms with Crippen molar-refractivity contribution in [3.8, 4) is 17.2 Å². The number of aromatic hydroxyl groups is 1. The molecule has 0 spiro atoms. The lowest BCUT2D eigenvalue weighted by Crippen LogP contribution is -2.32. The third-order valence-corrected chi connectivity index (χ3v) is 3.72. The molecule has 2 aromatic carbocycles. The first kappa shape index (κ1) is 20.6. The molecule has 9 nitrogen and oxygen atoms in total. The molecule has 0 atom stereocenters. The second kappa shape index (κ2) is 9.33. The van der Waals surface area contributed by atoms with E-state index in [0.29, 0.717) is 17.1 Å². The molecule has 0 fully saturated rings. The van der Waals surface area contributed by atoms with E-state index in [-0.39, 0.29) is 22.2 Å². The average molecular weight is 403 g/mol. The zero-order valence-electron chi connectivity index (χ0n) is 15.0. The van der Waals surface area contributed by atoms with Crippen LogP contribution in [-0.2, 0) is 4.79 Å². The molecule has 0 radical (unpaired) electrons. The highest BCUT2D eigenvalue weighted by Gasteiger charge is 2.11. The minimum absolute atomic E-state index is 0.0777. The third kappa shape index (κ3) is 5.42. The van der Waals surface area contributed by atoms with Crippen molar-refractivity contribution in [2.45, 2.75) is 0 Å². The number of benzene rings is 2. The van der Waals surface area contributed by atoms with Crippen LogP contribution >= 0.6 is 12.2 Å². The van der Waals surface area contributed by atoms with E-state index >= 15 is 0 Å². The number of phenolic OH excluding ortho intramolecular Hbond substituents is 1. The molecule has 2 rings (SSSR count). The van der Waals surface area contributed by atoms with Gasteiger partial charge in [0.2, 0.25) is 5.91 Å². The number of methoxy groups -OCH3 is 2. The topological polar surface area (TPSA) is 123 Å². The number of amides is 1. The summed E-state index contributed by atoms with van der Waals surface area (Å²) in [5, 5.41) is 25.4. The molecule has 0 saturated heterocycles. The smallest absolute Gasteiger partial charge is 0.273 e. The van der Waals surface area contributed by atoms with Crippen molar-refractivity contribution >= 4 is 40.7 Å². The van der Waals surface area contributed by atoms with E-state index in [1.54, 1.807) is 24.3 Å².